The van der Waals surface area contributed by atoms with E-state index >= 15 is 0 Å². The first kappa shape index (κ1) is 24.4. The van der Waals surface area contributed by atoms with E-state index in [0.29, 0.717) is 30.2 Å². The van der Waals surface area contributed by atoms with Crippen LogP contribution < -0.4 is 15.8 Å². The fourth-order valence-corrected chi connectivity index (χ4v) is 4.07. The number of nitrogens with two attached hydrogens (primary N) is 1. The van der Waals surface area contributed by atoms with Gasteiger partial charge in [-0.2, -0.15) is 0 Å². The number of hydrogen-bond acceptors (Lipinski definition) is 7. The van der Waals surface area contributed by atoms with Crippen molar-refractivity contribution < 1.29 is 19.1 Å². The Morgan fingerprint density at radius 3 is 2.45 bits per heavy atom. The molecule has 1 saturated heterocycles. The molecule has 0 bridgehead atoms. The molecule has 1 amide bonds. The highest BCUT2D eigenvalue weighted by atomic mass is 35.5. The zero-order valence-corrected chi connectivity index (χ0v) is 19.0. The first-order chi connectivity index (χ1) is 15.5. The van der Waals surface area contributed by atoms with Gasteiger partial charge in [-0.1, -0.05) is 0 Å². The third-order valence-corrected chi connectivity index (χ3v) is 5.83. The van der Waals surface area contributed by atoms with Crippen LogP contribution in [0.15, 0.2) is 36.7 Å². The lowest BCUT2D eigenvalue weighted by Crippen LogP contribution is -2.31. The van der Waals surface area contributed by atoms with Gasteiger partial charge >= 0.3 is 5.97 Å². The number of hydrogen-bond donors (Lipinski definition) is 3. The van der Waals surface area contributed by atoms with Gasteiger partial charge in [0.15, 0.2) is 5.82 Å². The van der Waals surface area contributed by atoms with Gasteiger partial charge in [-0.3, -0.25) is 15.0 Å². The van der Waals surface area contributed by atoms with Crippen molar-refractivity contribution in [3.8, 4) is 17.1 Å². The number of carbonyl (C=O) groups is 2. The van der Waals surface area contributed by atoms with E-state index in [0.717, 1.165) is 31.2 Å². The standard InChI is InChI=1S/C23H27N5O4.ClH/c24-21(25)16-11-26-22(27-12-16)14-5-7-18(8-6-14)31-13-17-9-15(23(30)28-17)10-20(29)32-19-3-1-2-4-19;/h5-8,11-12,15,17,19H,1-4,9-10,13H2,(H3,24,25)(H,28,30);1H/t15-,17-;/m0./s1. The SMILES string of the molecule is Cl.N=C(N)c1cnc(-c2ccc(OC[C@@H]3C[C@@H](CC(=O)OC4CCCC4)C(=O)N3)cc2)nc1. The van der Waals surface area contributed by atoms with Crippen molar-refractivity contribution in [3.05, 3.63) is 42.2 Å². The van der Waals surface area contributed by atoms with Crippen LogP contribution >= 0.6 is 12.4 Å². The Labute approximate surface area is 198 Å². The van der Waals surface area contributed by atoms with Crippen LogP contribution in [0.2, 0.25) is 0 Å². The van der Waals surface area contributed by atoms with E-state index in [2.05, 4.69) is 15.3 Å². The van der Waals surface area contributed by atoms with Crippen LogP contribution in [0.4, 0.5) is 0 Å². The Kier molecular flexibility index (Phi) is 8.21. The van der Waals surface area contributed by atoms with Gasteiger partial charge in [0.1, 0.15) is 24.3 Å². The number of nitrogens with one attached hydrogen (secondary N) is 2. The van der Waals surface area contributed by atoms with Gasteiger partial charge in [0, 0.05) is 18.0 Å². The average molecular weight is 474 g/mol. The topological polar surface area (TPSA) is 140 Å². The van der Waals surface area contributed by atoms with Crippen LogP contribution in [-0.4, -0.2) is 46.4 Å². The van der Waals surface area contributed by atoms with Crippen molar-refractivity contribution in [1.29, 1.82) is 5.41 Å². The molecule has 4 rings (SSSR count). The first-order valence-corrected chi connectivity index (χ1v) is 10.9. The van der Waals surface area contributed by atoms with Crippen molar-refractivity contribution in [2.75, 3.05) is 6.61 Å². The van der Waals surface area contributed by atoms with Crippen LogP contribution in [0, 0.1) is 11.3 Å². The Morgan fingerprint density at radius 2 is 1.82 bits per heavy atom. The molecule has 1 aromatic carbocycles. The van der Waals surface area contributed by atoms with E-state index in [9.17, 15) is 9.59 Å². The van der Waals surface area contributed by atoms with Crippen molar-refractivity contribution in [2.24, 2.45) is 11.7 Å². The number of rotatable bonds is 8. The lowest BCUT2D eigenvalue weighted by molar-refractivity contribution is -0.151. The van der Waals surface area contributed by atoms with Gasteiger partial charge in [0.2, 0.25) is 5.91 Å². The monoisotopic (exact) mass is 473 g/mol. The molecule has 10 heteroatoms. The Morgan fingerprint density at radius 1 is 1.15 bits per heavy atom. The van der Waals surface area contributed by atoms with Crippen LogP contribution in [0.5, 0.6) is 5.75 Å². The number of aromatic nitrogens is 2. The zero-order valence-electron chi connectivity index (χ0n) is 18.2. The van der Waals surface area contributed by atoms with Crippen molar-refractivity contribution in [2.45, 2.75) is 50.7 Å². The van der Waals surface area contributed by atoms with Gasteiger partial charge in [0.05, 0.1) is 23.9 Å². The minimum atomic E-state index is -0.366. The summed E-state index contributed by atoms with van der Waals surface area (Å²) < 4.78 is 11.3. The molecule has 2 heterocycles. The molecular weight excluding hydrogens is 446 g/mol. The van der Waals surface area contributed by atoms with E-state index in [1.807, 2.05) is 24.3 Å². The Balaban J connectivity index is 0.00000306. The lowest BCUT2D eigenvalue weighted by Gasteiger charge is -2.13. The smallest absolute Gasteiger partial charge is 0.306 e. The van der Waals surface area contributed by atoms with Crippen molar-refractivity contribution in [1.82, 2.24) is 15.3 Å². The summed E-state index contributed by atoms with van der Waals surface area (Å²) in [6.45, 7) is 0.322. The molecule has 1 aliphatic carbocycles. The average Bonchev–Trinajstić information content (AvgIpc) is 3.42. The van der Waals surface area contributed by atoms with Crippen LogP contribution in [-0.2, 0) is 14.3 Å². The number of carbonyl (C=O) groups excluding carboxylic acids is 2. The summed E-state index contributed by atoms with van der Waals surface area (Å²) in [5.74, 6) is 0.336. The Hall–Kier alpha value is -3.20. The molecule has 9 nitrogen and oxygen atoms in total. The molecule has 0 radical (unpaired) electrons. The summed E-state index contributed by atoms with van der Waals surface area (Å²) in [5, 5.41) is 10.3. The molecule has 176 valence electrons. The van der Waals surface area contributed by atoms with E-state index in [-0.39, 0.29) is 54.6 Å². The van der Waals surface area contributed by atoms with E-state index in [4.69, 9.17) is 20.6 Å². The number of halogens is 1. The molecule has 1 saturated carbocycles. The summed E-state index contributed by atoms with van der Waals surface area (Å²) >= 11 is 0. The summed E-state index contributed by atoms with van der Waals surface area (Å²) in [4.78, 5) is 32.8. The fraction of sp³-hybridized carbons (Fsp3) is 0.435. The number of ether oxygens (including phenoxy) is 2. The second-order valence-electron chi connectivity index (χ2n) is 8.28. The third-order valence-electron chi connectivity index (χ3n) is 5.83. The predicted octanol–water partition coefficient (Wildman–Crippen LogP) is 2.61. The second-order valence-corrected chi connectivity index (χ2v) is 8.28. The highest BCUT2D eigenvalue weighted by molar-refractivity contribution is 5.94. The molecule has 33 heavy (non-hydrogen) atoms. The molecular formula is C23H28ClN5O4. The zero-order chi connectivity index (χ0) is 22.5. The minimum absolute atomic E-state index is 0. The maximum Gasteiger partial charge on any atom is 0.306 e. The van der Waals surface area contributed by atoms with Gasteiger partial charge in [-0.25, -0.2) is 9.97 Å². The summed E-state index contributed by atoms with van der Waals surface area (Å²) in [5.41, 5.74) is 6.70. The van der Waals surface area contributed by atoms with Crippen molar-refractivity contribution >= 4 is 30.1 Å². The van der Waals surface area contributed by atoms with Gasteiger partial charge in [-0.15, -0.1) is 12.4 Å². The maximum absolute atomic E-state index is 12.2. The maximum atomic E-state index is 12.2. The molecule has 4 N–H and O–H groups in total. The molecule has 2 atom stereocenters. The van der Waals surface area contributed by atoms with Crippen LogP contribution in [0.25, 0.3) is 11.4 Å². The van der Waals surface area contributed by atoms with Crippen LogP contribution in [0.3, 0.4) is 0 Å². The lowest BCUT2D eigenvalue weighted by atomic mass is 10.0. The van der Waals surface area contributed by atoms with Gasteiger partial charge < -0.3 is 20.5 Å². The molecule has 0 spiro atoms. The molecule has 1 aliphatic heterocycles. The molecule has 0 unspecified atom stereocenters. The van der Waals surface area contributed by atoms with Gasteiger partial charge in [-0.05, 0) is 56.4 Å². The fourth-order valence-electron chi connectivity index (χ4n) is 4.07. The van der Waals surface area contributed by atoms with Crippen molar-refractivity contribution in [3.63, 3.8) is 0 Å². The van der Waals surface area contributed by atoms with E-state index in [1.54, 1.807) is 0 Å². The molecule has 1 aromatic heterocycles. The van der Waals surface area contributed by atoms with E-state index in [1.165, 1.54) is 12.4 Å². The predicted molar refractivity (Wildman–Crippen MR) is 124 cm³/mol. The number of amidine groups is 1. The summed E-state index contributed by atoms with van der Waals surface area (Å²) in [6.07, 6.45) is 7.76. The first-order valence-electron chi connectivity index (χ1n) is 10.9. The second kappa shape index (κ2) is 11.1. The number of esters is 1. The normalized spacial score (nSPS) is 20.1. The molecule has 2 aliphatic rings. The summed E-state index contributed by atoms with van der Waals surface area (Å²) in [6, 6.07) is 7.16. The number of nitrogens with zero attached hydrogens (tertiary/aromatic N) is 2. The quantitative estimate of drug-likeness (QED) is 0.304. The van der Waals surface area contributed by atoms with Gasteiger partial charge in [0.25, 0.3) is 0 Å². The highest BCUT2D eigenvalue weighted by Gasteiger charge is 2.34. The largest absolute Gasteiger partial charge is 0.491 e. The summed E-state index contributed by atoms with van der Waals surface area (Å²) in [7, 11) is 0. The Bertz CT molecular complexity index is 977. The number of nitrogen functional groups attached to an aromatic ring is 1. The molecule has 2 fully saturated rings. The van der Waals surface area contributed by atoms with E-state index < -0.39 is 0 Å². The molecule has 2 aromatic rings. The third kappa shape index (κ3) is 6.41. The minimum Gasteiger partial charge on any atom is -0.491 e. The number of benzene rings is 1. The number of amides is 1. The highest BCUT2D eigenvalue weighted by Crippen LogP contribution is 2.25. The van der Waals surface area contributed by atoms with Crippen LogP contribution in [0.1, 0.15) is 44.1 Å².